The summed E-state index contributed by atoms with van der Waals surface area (Å²) in [7, 11) is -4.42. The fraction of sp³-hybridized carbons (Fsp3) is 0.500. The Morgan fingerprint density at radius 3 is 1.96 bits per heavy atom. The van der Waals surface area contributed by atoms with Crippen LogP contribution in [0.15, 0.2) is 34.6 Å². The van der Waals surface area contributed by atoms with Crippen molar-refractivity contribution < 1.29 is 34.8 Å². The Hall–Kier alpha value is -0.810. The molecule has 152 valence electrons. The Morgan fingerprint density at radius 2 is 1.48 bits per heavy atom. The Balaban J connectivity index is 2.21. The van der Waals surface area contributed by atoms with Crippen LogP contribution >= 0.6 is 23.5 Å². The average Bonchev–Trinajstić information content (AvgIpc) is 2.58. The lowest BCUT2D eigenvalue weighted by atomic mass is 10.1. The summed E-state index contributed by atoms with van der Waals surface area (Å²) in [5.41, 5.74) is -3.31. The maximum atomic E-state index is 12.9. The third kappa shape index (κ3) is 6.63. The normalized spacial score (nSPS) is 17.6. The fourth-order valence-electron chi connectivity index (χ4n) is 2.30. The van der Waals surface area contributed by atoms with Crippen LogP contribution in [0.4, 0.5) is 26.3 Å². The molecular formula is C16H16F6O2S3. The smallest absolute Gasteiger partial charge is 0.219 e. The van der Waals surface area contributed by atoms with E-state index in [1.165, 1.54) is 6.08 Å². The topological polar surface area (TPSA) is 34.1 Å². The van der Waals surface area contributed by atoms with Gasteiger partial charge in [0, 0.05) is 5.41 Å². The molecule has 0 aliphatic carbocycles. The summed E-state index contributed by atoms with van der Waals surface area (Å²) < 4.78 is 102. The van der Waals surface area contributed by atoms with Crippen LogP contribution in [0.3, 0.4) is 0 Å². The molecule has 11 heteroatoms. The fourth-order valence-corrected chi connectivity index (χ4v) is 6.33. The SMILES string of the molecule is O=S(=O)(/C=C/CCC1SCCCS1)c1cc(C(F)(F)F)cc(C(F)(F)F)c1. The molecule has 1 heterocycles. The molecule has 0 bridgehead atoms. The number of halogens is 6. The average molecular weight is 450 g/mol. The van der Waals surface area contributed by atoms with E-state index >= 15 is 0 Å². The van der Waals surface area contributed by atoms with E-state index in [4.69, 9.17) is 0 Å². The third-order valence-electron chi connectivity index (χ3n) is 3.63. The number of rotatable bonds is 5. The molecule has 1 aliphatic heterocycles. The van der Waals surface area contributed by atoms with Gasteiger partial charge in [0.15, 0.2) is 9.84 Å². The molecule has 0 aromatic heterocycles. The van der Waals surface area contributed by atoms with E-state index in [1.807, 2.05) is 0 Å². The van der Waals surface area contributed by atoms with Crippen molar-refractivity contribution in [2.24, 2.45) is 0 Å². The van der Waals surface area contributed by atoms with Crippen molar-refractivity contribution in [2.75, 3.05) is 11.5 Å². The van der Waals surface area contributed by atoms with Crippen molar-refractivity contribution in [3.63, 3.8) is 0 Å². The molecule has 1 aromatic carbocycles. The maximum absolute atomic E-state index is 12.9. The standard InChI is InChI=1S/C16H16F6O2S3/c17-15(18,19)11-8-12(16(20,21)22)10-13(9-11)27(23,24)7-2-1-4-14-25-5-3-6-26-14/h2,7-10,14H,1,3-6H2/b7-2+. The van der Waals surface area contributed by atoms with Gasteiger partial charge in [-0.15, -0.1) is 23.5 Å². The second kappa shape index (κ2) is 8.69. The summed E-state index contributed by atoms with van der Waals surface area (Å²) in [6, 6.07) is 0.351. The number of alkyl halides is 6. The Morgan fingerprint density at radius 1 is 0.963 bits per heavy atom. The van der Waals surface area contributed by atoms with Crippen LogP contribution in [-0.4, -0.2) is 24.5 Å². The minimum absolute atomic E-state index is 0.0970. The molecule has 27 heavy (non-hydrogen) atoms. The minimum Gasteiger partial charge on any atom is -0.219 e. The van der Waals surface area contributed by atoms with Crippen molar-refractivity contribution in [3.8, 4) is 0 Å². The van der Waals surface area contributed by atoms with E-state index in [-0.39, 0.29) is 18.2 Å². The van der Waals surface area contributed by atoms with Gasteiger partial charge < -0.3 is 0 Å². The van der Waals surface area contributed by atoms with Gasteiger partial charge in [0.1, 0.15) is 0 Å². The number of benzene rings is 1. The first-order valence-corrected chi connectivity index (χ1v) is 11.5. The monoisotopic (exact) mass is 450 g/mol. The zero-order valence-electron chi connectivity index (χ0n) is 13.8. The molecule has 2 rings (SSSR count). The Kier molecular flexibility index (Phi) is 7.23. The molecule has 0 N–H and O–H groups in total. The molecule has 1 fully saturated rings. The van der Waals surface area contributed by atoms with Gasteiger partial charge in [-0.1, -0.05) is 6.08 Å². The van der Waals surface area contributed by atoms with Crippen LogP contribution in [0.25, 0.3) is 0 Å². The molecule has 1 saturated heterocycles. The number of allylic oxidation sites excluding steroid dienone is 1. The molecular weight excluding hydrogens is 434 g/mol. The molecule has 0 atom stereocenters. The third-order valence-corrected chi connectivity index (χ3v) is 8.15. The predicted molar refractivity (Wildman–Crippen MR) is 95.3 cm³/mol. The van der Waals surface area contributed by atoms with Crippen LogP contribution in [0.1, 0.15) is 30.4 Å². The summed E-state index contributed by atoms with van der Waals surface area (Å²) in [6.45, 7) is 0. The van der Waals surface area contributed by atoms with Gasteiger partial charge in [0.2, 0.25) is 0 Å². The number of hydrogen-bond donors (Lipinski definition) is 0. The minimum atomic E-state index is -5.09. The molecule has 0 unspecified atom stereocenters. The van der Waals surface area contributed by atoms with E-state index in [2.05, 4.69) is 0 Å². The van der Waals surface area contributed by atoms with Crippen molar-refractivity contribution in [3.05, 3.63) is 40.8 Å². The number of thioether (sulfide) groups is 2. The van der Waals surface area contributed by atoms with Gasteiger partial charge in [-0.2, -0.15) is 26.3 Å². The van der Waals surface area contributed by atoms with E-state index in [0.29, 0.717) is 22.8 Å². The maximum Gasteiger partial charge on any atom is 0.416 e. The number of hydrogen-bond acceptors (Lipinski definition) is 4. The highest BCUT2D eigenvalue weighted by Crippen LogP contribution is 2.38. The van der Waals surface area contributed by atoms with Crippen LogP contribution in [0.5, 0.6) is 0 Å². The lowest BCUT2D eigenvalue weighted by Gasteiger charge is -2.19. The lowest BCUT2D eigenvalue weighted by molar-refractivity contribution is -0.143. The molecule has 1 aliphatic rings. The van der Waals surface area contributed by atoms with Crippen molar-refractivity contribution in [2.45, 2.75) is 41.1 Å². The highest BCUT2D eigenvalue weighted by molar-refractivity contribution is 8.17. The zero-order chi connectivity index (χ0) is 20.3. The summed E-state index contributed by atoms with van der Waals surface area (Å²) in [5.74, 6) is 2.04. The van der Waals surface area contributed by atoms with Gasteiger partial charge >= 0.3 is 12.4 Å². The second-order valence-corrected chi connectivity index (χ2v) is 10.5. The zero-order valence-corrected chi connectivity index (χ0v) is 16.3. The van der Waals surface area contributed by atoms with E-state index < -0.39 is 38.2 Å². The summed E-state index contributed by atoms with van der Waals surface area (Å²) in [6.07, 6.45) is -6.76. The van der Waals surface area contributed by atoms with Gasteiger partial charge in [-0.3, -0.25) is 0 Å². The summed E-state index contributed by atoms with van der Waals surface area (Å²) in [5, 5.41) is 0.681. The largest absolute Gasteiger partial charge is 0.416 e. The summed E-state index contributed by atoms with van der Waals surface area (Å²) in [4.78, 5) is -1.03. The van der Waals surface area contributed by atoms with Crippen LogP contribution in [0.2, 0.25) is 0 Å². The van der Waals surface area contributed by atoms with Gasteiger partial charge in [0.05, 0.1) is 20.6 Å². The molecule has 0 spiro atoms. The van der Waals surface area contributed by atoms with Gasteiger partial charge in [-0.05, 0) is 49.0 Å². The van der Waals surface area contributed by atoms with E-state index in [0.717, 1.165) is 17.9 Å². The van der Waals surface area contributed by atoms with Gasteiger partial charge in [-0.25, -0.2) is 8.42 Å². The Labute approximate surface area is 161 Å². The Bertz CT molecular complexity index is 746. The second-order valence-electron chi connectivity index (χ2n) is 5.76. The van der Waals surface area contributed by atoms with Crippen LogP contribution in [-0.2, 0) is 22.2 Å². The quantitative estimate of drug-likeness (QED) is 0.516. The lowest BCUT2D eigenvalue weighted by Crippen LogP contribution is -2.13. The first-order chi connectivity index (χ1) is 12.4. The predicted octanol–water partition coefficient (Wildman–Crippen LogP) is 5.99. The summed E-state index contributed by atoms with van der Waals surface area (Å²) >= 11 is 3.51. The molecule has 1 aromatic rings. The van der Waals surface area contributed by atoms with E-state index in [9.17, 15) is 34.8 Å². The van der Waals surface area contributed by atoms with Crippen molar-refractivity contribution >= 4 is 33.4 Å². The van der Waals surface area contributed by atoms with Crippen LogP contribution in [0, 0.1) is 0 Å². The first-order valence-electron chi connectivity index (χ1n) is 7.84. The van der Waals surface area contributed by atoms with E-state index in [1.54, 1.807) is 23.5 Å². The first kappa shape index (κ1) is 22.5. The van der Waals surface area contributed by atoms with Gasteiger partial charge in [0.25, 0.3) is 0 Å². The molecule has 0 amide bonds. The molecule has 0 saturated carbocycles. The molecule has 2 nitrogen and oxygen atoms in total. The van der Waals surface area contributed by atoms with Crippen LogP contribution < -0.4 is 0 Å². The number of sulfone groups is 1. The highest BCUT2D eigenvalue weighted by Gasteiger charge is 2.38. The highest BCUT2D eigenvalue weighted by atomic mass is 32.2. The molecule has 0 radical (unpaired) electrons. The van der Waals surface area contributed by atoms with Crippen molar-refractivity contribution in [1.29, 1.82) is 0 Å². The van der Waals surface area contributed by atoms with Crippen molar-refractivity contribution in [1.82, 2.24) is 0 Å².